The second-order valence-corrected chi connectivity index (χ2v) is 11.7. The minimum atomic E-state index is -0.396. The molecule has 1 unspecified atom stereocenters. The molecule has 2 aliphatic carbocycles. The zero-order chi connectivity index (χ0) is 23.5. The van der Waals surface area contributed by atoms with E-state index in [9.17, 15) is 14.4 Å². The van der Waals surface area contributed by atoms with Gasteiger partial charge in [-0.25, -0.2) is 4.79 Å². The van der Waals surface area contributed by atoms with Crippen LogP contribution in [0.3, 0.4) is 0 Å². The van der Waals surface area contributed by atoms with Crippen LogP contribution in [-0.4, -0.2) is 41.0 Å². The Morgan fingerprint density at radius 2 is 1.69 bits per heavy atom. The number of Topliss-reactive ketones (excluding diaryl/α,β-unsaturated/α-hetero) is 1. The summed E-state index contributed by atoms with van der Waals surface area (Å²) in [6, 6.07) is -0.0378. The number of thioether (sulfide) groups is 1. The summed E-state index contributed by atoms with van der Waals surface area (Å²) < 4.78 is 5.09. The number of carbonyl (C=O) groups is 3. The van der Waals surface area contributed by atoms with Gasteiger partial charge < -0.3 is 9.64 Å². The standard InChI is InChI=1S/C26H37NO4S/c1-17-6-8-18(9-7-17)24(29)27(19-10-12-20(28)13-11-19)22-16-21(14-15-26(2,3)4)32-23(22)25(30)31-5/h17-19,21H,6-13,16H2,1-5H3. The van der Waals surface area contributed by atoms with Crippen molar-refractivity contribution >= 4 is 29.4 Å². The second-order valence-electron chi connectivity index (χ2n) is 10.5. The molecule has 2 saturated carbocycles. The van der Waals surface area contributed by atoms with Crippen molar-refractivity contribution in [2.45, 2.75) is 96.8 Å². The predicted molar refractivity (Wildman–Crippen MR) is 128 cm³/mol. The maximum atomic E-state index is 13.9. The third-order valence-electron chi connectivity index (χ3n) is 6.65. The summed E-state index contributed by atoms with van der Waals surface area (Å²) >= 11 is 1.42. The zero-order valence-electron chi connectivity index (χ0n) is 20.2. The van der Waals surface area contributed by atoms with Gasteiger partial charge in [0, 0.05) is 42.3 Å². The van der Waals surface area contributed by atoms with Crippen LogP contribution in [0.1, 0.15) is 85.5 Å². The van der Waals surface area contributed by atoms with Gasteiger partial charge in [-0.1, -0.05) is 30.5 Å². The van der Waals surface area contributed by atoms with Gasteiger partial charge in [0.1, 0.15) is 10.7 Å². The topological polar surface area (TPSA) is 63.7 Å². The number of amides is 1. The molecule has 0 saturated heterocycles. The highest BCUT2D eigenvalue weighted by molar-refractivity contribution is 8.05. The quantitative estimate of drug-likeness (QED) is 0.433. The number of esters is 1. The van der Waals surface area contributed by atoms with E-state index >= 15 is 0 Å². The SMILES string of the molecule is COC(=O)C1=C(N(C(=O)C2CCC(C)CC2)C2CCC(=O)CC2)CC(C#CC(C)(C)C)S1. The minimum absolute atomic E-state index is 0.0139. The number of methoxy groups -OCH3 is 1. The van der Waals surface area contributed by atoms with Crippen LogP contribution in [0.25, 0.3) is 0 Å². The fourth-order valence-electron chi connectivity index (χ4n) is 4.78. The summed E-state index contributed by atoms with van der Waals surface area (Å²) in [5, 5.41) is -0.0785. The van der Waals surface area contributed by atoms with Crippen molar-refractivity contribution in [3.63, 3.8) is 0 Å². The number of hydrogen-bond acceptors (Lipinski definition) is 5. The van der Waals surface area contributed by atoms with Crippen molar-refractivity contribution < 1.29 is 19.1 Å². The summed E-state index contributed by atoms with van der Waals surface area (Å²) in [6.07, 6.45) is 6.78. The number of carbonyl (C=O) groups excluding carboxylic acids is 3. The van der Waals surface area contributed by atoms with E-state index in [0.717, 1.165) is 31.4 Å². The van der Waals surface area contributed by atoms with Gasteiger partial charge >= 0.3 is 5.97 Å². The highest BCUT2D eigenvalue weighted by Crippen LogP contribution is 2.43. The molecule has 32 heavy (non-hydrogen) atoms. The summed E-state index contributed by atoms with van der Waals surface area (Å²) in [5.41, 5.74) is 0.630. The first-order chi connectivity index (χ1) is 15.1. The molecule has 5 nitrogen and oxygen atoms in total. The predicted octanol–water partition coefficient (Wildman–Crippen LogP) is 5.09. The van der Waals surface area contributed by atoms with E-state index in [1.165, 1.54) is 18.9 Å². The largest absolute Gasteiger partial charge is 0.465 e. The third kappa shape index (κ3) is 6.19. The molecule has 1 amide bonds. The summed E-state index contributed by atoms with van der Waals surface area (Å²) in [5.74, 6) is 7.24. The van der Waals surface area contributed by atoms with E-state index in [0.29, 0.717) is 42.9 Å². The third-order valence-corrected chi connectivity index (χ3v) is 7.86. The fourth-order valence-corrected chi connectivity index (χ4v) is 5.92. The lowest BCUT2D eigenvalue weighted by molar-refractivity contribution is -0.139. The van der Waals surface area contributed by atoms with E-state index in [1.54, 1.807) is 0 Å². The monoisotopic (exact) mass is 459 g/mol. The molecule has 6 heteroatoms. The number of nitrogens with zero attached hydrogens (tertiary/aromatic N) is 1. The molecule has 2 fully saturated rings. The van der Waals surface area contributed by atoms with Gasteiger partial charge in [-0.15, -0.1) is 0 Å². The first kappa shape index (κ1) is 24.9. The molecular weight excluding hydrogens is 422 g/mol. The van der Waals surface area contributed by atoms with Gasteiger partial charge in [0.15, 0.2) is 0 Å². The maximum absolute atomic E-state index is 13.9. The average Bonchev–Trinajstić information content (AvgIpc) is 3.17. The van der Waals surface area contributed by atoms with E-state index in [2.05, 4.69) is 39.5 Å². The zero-order valence-corrected chi connectivity index (χ0v) is 21.0. The Bertz CT molecular complexity index is 826. The van der Waals surface area contributed by atoms with Crippen LogP contribution in [0.15, 0.2) is 10.6 Å². The van der Waals surface area contributed by atoms with E-state index in [1.807, 2.05) is 4.90 Å². The first-order valence-electron chi connectivity index (χ1n) is 11.9. The summed E-state index contributed by atoms with van der Waals surface area (Å²) in [6.45, 7) is 8.44. The summed E-state index contributed by atoms with van der Waals surface area (Å²) in [7, 11) is 1.38. The Labute approximate surface area is 197 Å². The van der Waals surface area contributed by atoms with Crippen LogP contribution < -0.4 is 0 Å². The van der Waals surface area contributed by atoms with Crippen molar-refractivity contribution in [2.24, 2.45) is 17.3 Å². The Hall–Kier alpha value is -1.74. The highest BCUT2D eigenvalue weighted by Gasteiger charge is 2.41. The first-order valence-corrected chi connectivity index (χ1v) is 12.8. The lowest BCUT2D eigenvalue weighted by Gasteiger charge is -2.38. The van der Waals surface area contributed by atoms with Gasteiger partial charge in [0.25, 0.3) is 0 Å². The number of ketones is 1. The van der Waals surface area contributed by atoms with Crippen molar-refractivity contribution in [2.75, 3.05) is 7.11 Å². The smallest absolute Gasteiger partial charge is 0.346 e. The second kappa shape index (κ2) is 10.5. The molecule has 0 bridgehead atoms. The lowest BCUT2D eigenvalue weighted by Crippen LogP contribution is -2.45. The van der Waals surface area contributed by atoms with Crippen LogP contribution in [0, 0.1) is 29.1 Å². The van der Waals surface area contributed by atoms with Gasteiger partial charge in [-0.2, -0.15) is 0 Å². The van der Waals surface area contributed by atoms with Crippen molar-refractivity contribution in [1.82, 2.24) is 4.90 Å². The molecule has 3 aliphatic rings. The van der Waals surface area contributed by atoms with Crippen LogP contribution in [0.2, 0.25) is 0 Å². The molecule has 0 aromatic heterocycles. The normalized spacial score (nSPS) is 27.0. The molecule has 0 spiro atoms. The molecule has 0 aromatic carbocycles. The van der Waals surface area contributed by atoms with Gasteiger partial charge in [-0.3, -0.25) is 9.59 Å². The fraction of sp³-hybridized carbons (Fsp3) is 0.731. The van der Waals surface area contributed by atoms with Crippen LogP contribution in [-0.2, 0) is 19.1 Å². The number of hydrogen-bond donors (Lipinski definition) is 0. The molecular formula is C26H37NO4S. The number of allylic oxidation sites excluding steroid dienone is 1. The molecule has 1 aliphatic heterocycles. The van der Waals surface area contributed by atoms with E-state index in [4.69, 9.17) is 4.74 Å². The maximum Gasteiger partial charge on any atom is 0.346 e. The molecule has 1 heterocycles. The van der Waals surface area contributed by atoms with Crippen LogP contribution in [0.5, 0.6) is 0 Å². The molecule has 0 aromatic rings. The molecule has 0 N–H and O–H groups in total. The highest BCUT2D eigenvalue weighted by atomic mass is 32.2. The average molecular weight is 460 g/mol. The van der Waals surface area contributed by atoms with Crippen molar-refractivity contribution in [3.05, 3.63) is 10.6 Å². The number of rotatable bonds is 4. The minimum Gasteiger partial charge on any atom is -0.465 e. The molecule has 1 atom stereocenters. The lowest BCUT2D eigenvalue weighted by atomic mass is 9.81. The van der Waals surface area contributed by atoms with Crippen LogP contribution >= 0.6 is 11.8 Å². The molecule has 176 valence electrons. The van der Waals surface area contributed by atoms with E-state index < -0.39 is 5.97 Å². The Morgan fingerprint density at radius 1 is 1.06 bits per heavy atom. The van der Waals surface area contributed by atoms with Gasteiger partial charge in [0.2, 0.25) is 5.91 Å². The number of ether oxygens (including phenoxy) is 1. The Morgan fingerprint density at radius 3 is 2.25 bits per heavy atom. The van der Waals surface area contributed by atoms with Gasteiger partial charge in [-0.05, 0) is 65.2 Å². The van der Waals surface area contributed by atoms with Crippen LogP contribution in [0.4, 0.5) is 0 Å². The molecule has 3 rings (SSSR count). The van der Waals surface area contributed by atoms with Gasteiger partial charge in [0.05, 0.1) is 12.4 Å². The summed E-state index contributed by atoms with van der Waals surface area (Å²) in [4.78, 5) is 40.9. The van der Waals surface area contributed by atoms with Crippen molar-refractivity contribution in [1.29, 1.82) is 0 Å². The Balaban J connectivity index is 1.94. The Kier molecular flexibility index (Phi) is 8.14. The van der Waals surface area contributed by atoms with E-state index in [-0.39, 0.29) is 34.3 Å². The molecule has 0 radical (unpaired) electrons. The van der Waals surface area contributed by atoms with Crippen molar-refractivity contribution in [3.8, 4) is 11.8 Å².